The zero-order valence-electron chi connectivity index (χ0n) is 8.63. The quantitative estimate of drug-likeness (QED) is 0.713. The van der Waals surface area contributed by atoms with Crippen molar-refractivity contribution in [3.63, 3.8) is 0 Å². The molecule has 1 fully saturated rings. The van der Waals surface area contributed by atoms with E-state index in [1.807, 2.05) is 0 Å². The van der Waals surface area contributed by atoms with E-state index in [-0.39, 0.29) is 11.8 Å². The third-order valence-corrected chi connectivity index (χ3v) is 2.81. The fraction of sp³-hybridized carbons (Fsp3) is 0.417. The maximum atomic E-state index is 12.7. The van der Waals surface area contributed by atoms with Crippen LogP contribution in [0.2, 0.25) is 0 Å². The van der Waals surface area contributed by atoms with E-state index in [4.69, 9.17) is 4.74 Å². The van der Waals surface area contributed by atoms with Crippen LogP contribution in [-0.2, 0) is 14.9 Å². The smallest absolute Gasteiger partial charge is 0.316 e. The van der Waals surface area contributed by atoms with Gasteiger partial charge in [-0.1, -0.05) is 12.1 Å². The molecule has 0 bridgehead atoms. The molecule has 0 aromatic heterocycles. The molecule has 2 nitrogen and oxygen atoms in total. The number of carbonyl (C=O) groups is 1. The molecular weight excluding hydrogens is 195 g/mol. The number of halogens is 1. The van der Waals surface area contributed by atoms with Gasteiger partial charge in [0, 0.05) is 0 Å². The van der Waals surface area contributed by atoms with Crippen molar-refractivity contribution in [2.45, 2.75) is 25.2 Å². The highest BCUT2D eigenvalue weighted by Gasteiger charge is 2.52. The van der Waals surface area contributed by atoms with Gasteiger partial charge in [0.1, 0.15) is 5.82 Å². The van der Waals surface area contributed by atoms with Gasteiger partial charge < -0.3 is 4.74 Å². The van der Waals surface area contributed by atoms with Crippen molar-refractivity contribution in [2.75, 3.05) is 6.61 Å². The molecule has 0 radical (unpaired) electrons. The lowest BCUT2D eigenvalue weighted by Gasteiger charge is -2.13. The zero-order valence-corrected chi connectivity index (χ0v) is 8.63. The lowest BCUT2D eigenvalue weighted by Crippen LogP contribution is -2.23. The van der Waals surface area contributed by atoms with Crippen LogP contribution >= 0.6 is 0 Å². The average Bonchev–Trinajstić information content (AvgIpc) is 3.00. The molecule has 2 rings (SSSR count). The van der Waals surface area contributed by atoms with E-state index < -0.39 is 5.41 Å². The van der Waals surface area contributed by atoms with Crippen molar-refractivity contribution in [2.24, 2.45) is 0 Å². The monoisotopic (exact) mass is 208 g/mol. The van der Waals surface area contributed by atoms with E-state index >= 15 is 0 Å². The first-order valence-electron chi connectivity index (χ1n) is 5.12. The molecule has 1 aliphatic carbocycles. The molecule has 80 valence electrons. The Morgan fingerprint density at radius 2 is 2.00 bits per heavy atom. The topological polar surface area (TPSA) is 26.3 Å². The minimum absolute atomic E-state index is 0.184. The van der Waals surface area contributed by atoms with Gasteiger partial charge in [0.25, 0.3) is 0 Å². The highest BCUT2D eigenvalue weighted by molar-refractivity contribution is 5.86. The number of carbonyl (C=O) groups excluding carboxylic acids is 1. The minimum atomic E-state index is -0.482. The number of rotatable bonds is 3. The molecule has 1 aromatic carbocycles. The van der Waals surface area contributed by atoms with Crippen LogP contribution in [0.4, 0.5) is 4.39 Å². The SMILES string of the molecule is CCOC(=O)C1(c2ccc(F)cc2)CC1. The Morgan fingerprint density at radius 3 is 2.47 bits per heavy atom. The first kappa shape index (κ1) is 10.1. The summed E-state index contributed by atoms with van der Waals surface area (Å²) in [6.45, 7) is 2.18. The van der Waals surface area contributed by atoms with E-state index in [1.165, 1.54) is 12.1 Å². The van der Waals surface area contributed by atoms with Gasteiger partial charge in [-0.3, -0.25) is 4.79 Å². The number of hydrogen-bond acceptors (Lipinski definition) is 2. The Labute approximate surface area is 88.1 Å². The molecule has 0 heterocycles. The lowest BCUT2D eigenvalue weighted by molar-refractivity contribution is -0.146. The van der Waals surface area contributed by atoms with Gasteiger partial charge in [0.05, 0.1) is 12.0 Å². The second kappa shape index (κ2) is 3.65. The summed E-state index contributed by atoms with van der Waals surface area (Å²) in [6, 6.07) is 6.10. The van der Waals surface area contributed by atoms with Gasteiger partial charge in [-0.15, -0.1) is 0 Å². The van der Waals surface area contributed by atoms with E-state index in [9.17, 15) is 9.18 Å². The average molecular weight is 208 g/mol. The van der Waals surface area contributed by atoms with Crippen molar-refractivity contribution < 1.29 is 13.9 Å². The Hall–Kier alpha value is -1.38. The van der Waals surface area contributed by atoms with Crippen molar-refractivity contribution in [1.29, 1.82) is 0 Å². The van der Waals surface area contributed by atoms with Crippen LogP contribution in [0.1, 0.15) is 25.3 Å². The van der Waals surface area contributed by atoms with Gasteiger partial charge in [-0.25, -0.2) is 4.39 Å². The molecule has 15 heavy (non-hydrogen) atoms. The highest BCUT2D eigenvalue weighted by Crippen LogP contribution is 2.49. The predicted octanol–water partition coefficient (Wildman–Crippen LogP) is 2.42. The summed E-state index contributed by atoms with van der Waals surface area (Å²) in [5.74, 6) is -0.463. The Bertz CT molecular complexity index is 366. The molecular formula is C12H13FO2. The van der Waals surface area contributed by atoms with Gasteiger partial charge in [0.15, 0.2) is 0 Å². The van der Waals surface area contributed by atoms with E-state index in [0.717, 1.165) is 18.4 Å². The fourth-order valence-corrected chi connectivity index (χ4v) is 1.77. The predicted molar refractivity (Wildman–Crippen MR) is 53.9 cm³/mol. The summed E-state index contributed by atoms with van der Waals surface area (Å²) in [6.07, 6.45) is 1.61. The molecule has 0 N–H and O–H groups in total. The van der Waals surface area contributed by atoms with Crippen LogP contribution in [-0.4, -0.2) is 12.6 Å². The summed E-state index contributed by atoms with van der Waals surface area (Å²) < 4.78 is 17.7. The van der Waals surface area contributed by atoms with E-state index in [2.05, 4.69) is 0 Å². The number of esters is 1. The Kier molecular flexibility index (Phi) is 2.47. The van der Waals surface area contributed by atoms with Crippen LogP contribution in [0, 0.1) is 5.82 Å². The van der Waals surface area contributed by atoms with Crippen LogP contribution in [0.25, 0.3) is 0 Å². The highest BCUT2D eigenvalue weighted by atomic mass is 19.1. The standard InChI is InChI=1S/C12H13FO2/c1-2-15-11(14)12(7-8-12)9-3-5-10(13)6-4-9/h3-6H,2,7-8H2,1H3. The van der Waals surface area contributed by atoms with Crippen molar-refractivity contribution in [1.82, 2.24) is 0 Å². The van der Waals surface area contributed by atoms with Crippen LogP contribution < -0.4 is 0 Å². The summed E-state index contributed by atoms with van der Waals surface area (Å²) in [7, 11) is 0. The van der Waals surface area contributed by atoms with Crippen LogP contribution in [0.5, 0.6) is 0 Å². The van der Waals surface area contributed by atoms with Crippen molar-refractivity contribution in [3.8, 4) is 0 Å². The number of benzene rings is 1. The largest absolute Gasteiger partial charge is 0.465 e. The molecule has 3 heteroatoms. The maximum absolute atomic E-state index is 12.7. The van der Waals surface area contributed by atoms with E-state index in [1.54, 1.807) is 19.1 Å². The summed E-state index contributed by atoms with van der Waals surface area (Å²) >= 11 is 0. The zero-order chi connectivity index (χ0) is 10.9. The van der Waals surface area contributed by atoms with Gasteiger partial charge >= 0.3 is 5.97 Å². The number of hydrogen-bond donors (Lipinski definition) is 0. The molecule has 1 aliphatic rings. The normalized spacial score (nSPS) is 17.2. The molecule has 0 saturated heterocycles. The van der Waals surface area contributed by atoms with Crippen molar-refractivity contribution in [3.05, 3.63) is 35.6 Å². The van der Waals surface area contributed by atoms with Gasteiger partial charge in [-0.05, 0) is 37.5 Å². The third-order valence-electron chi connectivity index (χ3n) is 2.81. The minimum Gasteiger partial charge on any atom is -0.465 e. The van der Waals surface area contributed by atoms with Crippen LogP contribution in [0.15, 0.2) is 24.3 Å². The van der Waals surface area contributed by atoms with Gasteiger partial charge in [-0.2, -0.15) is 0 Å². The summed E-state index contributed by atoms with van der Waals surface area (Å²) in [4.78, 5) is 11.7. The molecule has 1 aromatic rings. The Balaban J connectivity index is 2.22. The fourth-order valence-electron chi connectivity index (χ4n) is 1.77. The number of ether oxygens (including phenoxy) is 1. The summed E-state index contributed by atoms with van der Waals surface area (Å²) in [5.41, 5.74) is 0.381. The van der Waals surface area contributed by atoms with Gasteiger partial charge in [0.2, 0.25) is 0 Å². The second-order valence-electron chi connectivity index (χ2n) is 3.81. The third kappa shape index (κ3) is 1.74. The second-order valence-corrected chi connectivity index (χ2v) is 3.81. The lowest BCUT2D eigenvalue weighted by atomic mass is 9.96. The molecule has 0 unspecified atom stereocenters. The van der Waals surface area contributed by atoms with Crippen molar-refractivity contribution >= 4 is 5.97 Å². The molecule has 0 amide bonds. The van der Waals surface area contributed by atoms with E-state index in [0.29, 0.717) is 6.61 Å². The maximum Gasteiger partial charge on any atom is 0.316 e. The first-order chi connectivity index (χ1) is 7.19. The molecule has 1 saturated carbocycles. The first-order valence-corrected chi connectivity index (χ1v) is 5.12. The Morgan fingerprint density at radius 1 is 1.40 bits per heavy atom. The summed E-state index contributed by atoms with van der Waals surface area (Å²) in [5, 5.41) is 0. The molecule has 0 aliphatic heterocycles. The van der Waals surface area contributed by atoms with Crippen LogP contribution in [0.3, 0.4) is 0 Å². The molecule has 0 atom stereocenters. The molecule has 0 spiro atoms.